The van der Waals surface area contributed by atoms with E-state index in [1.165, 1.54) is 17.3 Å². The molecule has 0 spiro atoms. The minimum Gasteiger partial charge on any atom is -0.337 e. The van der Waals surface area contributed by atoms with Crippen LogP contribution in [0.2, 0.25) is 5.02 Å². The lowest BCUT2D eigenvalue weighted by Gasteiger charge is -2.17. The number of aliphatic imine (C=N–C) groups is 1. The molecule has 2 aliphatic heterocycles. The van der Waals surface area contributed by atoms with E-state index in [-0.39, 0.29) is 5.91 Å². The third-order valence-corrected chi connectivity index (χ3v) is 8.82. The number of aromatic nitrogens is 1. The van der Waals surface area contributed by atoms with E-state index in [9.17, 15) is 4.79 Å². The highest BCUT2D eigenvalue weighted by Gasteiger charge is 2.39. The minimum absolute atomic E-state index is 0.0266. The van der Waals surface area contributed by atoms with Crippen LogP contribution >= 0.6 is 35.1 Å². The summed E-state index contributed by atoms with van der Waals surface area (Å²) in [5.74, 6) is -0.0266. The second-order valence-corrected chi connectivity index (χ2v) is 10.9. The summed E-state index contributed by atoms with van der Waals surface area (Å²) in [4.78, 5) is 28.9. The molecule has 3 heterocycles. The number of hydrogen-bond acceptors (Lipinski definition) is 6. The fourth-order valence-electron chi connectivity index (χ4n) is 4.31. The second-order valence-electron chi connectivity index (χ2n) is 8.44. The average molecular weight is 529 g/mol. The molecule has 1 saturated heterocycles. The van der Waals surface area contributed by atoms with Gasteiger partial charge in [-0.2, -0.15) is 0 Å². The molecule has 0 radical (unpaired) electrons. The number of amides is 1. The lowest BCUT2D eigenvalue weighted by Crippen LogP contribution is -2.31. The topological polar surface area (TPSA) is 48.8 Å². The van der Waals surface area contributed by atoms with Crippen molar-refractivity contribution in [2.24, 2.45) is 4.99 Å². The number of amidine groups is 1. The third-order valence-electron chi connectivity index (χ3n) is 6.16. The van der Waals surface area contributed by atoms with Crippen molar-refractivity contribution in [1.29, 1.82) is 0 Å². The smallest absolute Gasteiger partial charge is 0.269 e. The van der Waals surface area contributed by atoms with Crippen LogP contribution in [0.3, 0.4) is 0 Å². The highest BCUT2D eigenvalue weighted by Crippen LogP contribution is 2.50. The molecule has 1 amide bonds. The van der Waals surface area contributed by atoms with Gasteiger partial charge in [0.1, 0.15) is 4.91 Å². The Morgan fingerprint density at radius 2 is 1.83 bits per heavy atom. The molecule has 0 aliphatic carbocycles. The van der Waals surface area contributed by atoms with Gasteiger partial charge in [-0.05, 0) is 66.2 Å². The Bertz CT molecular complexity index is 1550. The normalized spacial score (nSPS) is 18.5. The van der Waals surface area contributed by atoms with Crippen molar-refractivity contribution in [3.63, 3.8) is 0 Å². The van der Waals surface area contributed by atoms with Crippen LogP contribution in [0.5, 0.6) is 0 Å². The highest BCUT2D eigenvalue weighted by atomic mass is 35.5. The molecule has 4 aromatic rings. The summed E-state index contributed by atoms with van der Waals surface area (Å²) in [5, 5.41) is 3.21. The molecule has 178 valence electrons. The predicted molar refractivity (Wildman–Crippen MR) is 151 cm³/mol. The maximum Gasteiger partial charge on any atom is 0.269 e. The maximum absolute atomic E-state index is 13.8. The SMILES string of the molecule is CN1/C(=C2/SC(=Nc3cccc4ncccc34)N(CCc3ccccc3)C2=O)Sc2ccc(Cl)cc21. The number of pyridine rings is 1. The zero-order valence-corrected chi connectivity index (χ0v) is 21.8. The Hall–Kier alpha value is -3.26. The van der Waals surface area contributed by atoms with E-state index in [1.54, 1.807) is 22.9 Å². The molecule has 0 saturated carbocycles. The van der Waals surface area contributed by atoms with Crippen LogP contribution in [0.25, 0.3) is 10.9 Å². The van der Waals surface area contributed by atoms with Crippen molar-refractivity contribution in [3.05, 3.63) is 106 Å². The van der Waals surface area contributed by atoms with Gasteiger partial charge in [-0.15, -0.1) is 0 Å². The first kappa shape index (κ1) is 23.2. The van der Waals surface area contributed by atoms with Gasteiger partial charge >= 0.3 is 0 Å². The van der Waals surface area contributed by atoms with Gasteiger partial charge in [-0.25, -0.2) is 4.99 Å². The van der Waals surface area contributed by atoms with Crippen LogP contribution in [0.15, 0.2) is 105 Å². The lowest BCUT2D eigenvalue weighted by atomic mass is 10.1. The molecule has 36 heavy (non-hydrogen) atoms. The molecule has 5 nitrogen and oxygen atoms in total. The van der Waals surface area contributed by atoms with Crippen LogP contribution < -0.4 is 4.90 Å². The Kier molecular flexibility index (Phi) is 6.21. The molecule has 0 N–H and O–H groups in total. The van der Waals surface area contributed by atoms with Crippen LogP contribution in [-0.4, -0.2) is 34.6 Å². The van der Waals surface area contributed by atoms with Gasteiger partial charge in [0.25, 0.3) is 5.91 Å². The standard InChI is InChI=1S/C28H21ClN4OS2/c1-32-23-17-19(29)12-13-24(23)35-27(32)25-26(34)33(16-14-18-7-3-2-4-8-18)28(36-25)31-22-11-5-10-21-20(22)9-6-15-30-21/h2-13,15,17H,14,16H2,1H3/b27-25-,31-28?. The van der Waals surface area contributed by atoms with Gasteiger partial charge < -0.3 is 4.90 Å². The van der Waals surface area contributed by atoms with Gasteiger partial charge in [0.2, 0.25) is 0 Å². The summed E-state index contributed by atoms with van der Waals surface area (Å²) in [5.41, 5.74) is 3.86. The van der Waals surface area contributed by atoms with Crippen LogP contribution in [0, 0.1) is 0 Å². The van der Waals surface area contributed by atoms with Crippen molar-refractivity contribution < 1.29 is 4.79 Å². The molecule has 3 aromatic carbocycles. The first-order valence-electron chi connectivity index (χ1n) is 11.5. The monoisotopic (exact) mass is 528 g/mol. The average Bonchev–Trinajstić information content (AvgIpc) is 3.39. The number of carbonyl (C=O) groups excluding carboxylic acids is 1. The number of rotatable bonds is 4. The van der Waals surface area contributed by atoms with Crippen LogP contribution in [0.1, 0.15) is 5.56 Å². The Balaban J connectivity index is 1.41. The first-order chi connectivity index (χ1) is 17.6. The fourth-order valence-corrected chi connectivity index (χ4v) is 6.82. The Labute approximate surface area is 222 Å². The number of thioether (sulfide) groups is 2. The molecular weight excluding hydrogens is 508 g/mol. The van der Waals surface area contributed by atoms with Crippen LogP contribution in [0.4, 0.5) is 11.4 Å². The number of fused-ring (bicyclic) bond motifs is 2. The van der Waals surface area contributed by atoms with Gasteiger partial charge in [0.05, 0.1) is 21.9 Å². The summed E-state index contributed by atoms with van der Waals surface area (Å²) in [6.45, 7) is 0.543. The molecule has 6 rings (SSSR count). The minimum atomic E-state index is -0.0266. The van der Waals surface area contributed by atoms with E-state index >= 15 is 0 Å². The Morgan fingerprint density at radius 1 is 0.972 bits per heavy atom. The van der Waals surface area contributed by atoms with E-state index in [4.69, 9.17) is 16.6 Å². The van der Waals surface area contributed by atoms with Gasteiger partial charge in [-0.3, -0.25) is 14.7 Å². The lowest BCUT2D eigenvalue weighted by molar-refractivity contribution is -0.122. The summed E-state index contributed by atoms with van der Waals surface area (Å²) in [6.07, 6.45) is 2.52. The van der Waals surface area contributed by atoms with Crippen molar-refractivity contribution in [2.45, 2.75) is 11.3 Å². The summed E-state index contributed by atoms with van der Waals surface area (Å²) >= 11 is 9.28. The molecule has 2 aliphatic rings. The van der Waals surface area contributed by atoms with Crippen molar-refractivity contribution >= 4 is 68.5 Å². The first-order valence-corrected chi connectivity index (χ1v) is 13.5. The van der Waals surface area contributed by atoms with Gasteiger partial charge in [0.15, 0.2) is 5.17 Å². The highest BCUT2D eigenvalue weighted by molar-refractivity contribution is 8.19. The molecule has 0 atom stereocenters. The van der Waals surface area contributed by atoms with E-state index in [0.717, 1.165) is 38.6 Å². The number of anilines is 1. The maximum atomic E-state index is 13.8. The Morgan fingerprint density at radius 3 is 2.69 bits per heavy atom. The molecule has 1 aromatic heterocycles. The van der Waals surface area contributed by atoms with E-state index < -0.39 is 0 Å². The summed E-state index contributed by atoms with van der Waals surface area (Å²) in [6, 6.07) is 25.8. The molecule has 0 unspecified atom stereocenters. The largest absolute Gasteiger partial charge is 0.337 e. The predicted octanol–water partition coefficient (Wildman–Crippen LogP) is 7.11. The van der Waals surface area contributed by atoms with Crippen LogP contribution in [-0.2, 0) is 11.2 Å². The number of nitrogens with zero attached hydrogens (tertiary/aromatic N) is 4. The fraction of sp³-hybridized carbons (Fsp3) is 0.107. The van der Waals surface area contributed by atoms with E-state index in [2.05, 4.69) is 17.1 Å². The number of hydrogen-bond donors (Lipinski definition) is 0. The van der Waals surface area contributed by atoms with E-state index in [1.807, 2.05) is 78.7 Å². The summed E-state index contributed by atoms with van der Waals surface area (Å²) < 4.78 is 0. The van der Waals surface area contributed by atoms with Crippen molar-refractivity contribution in [3.8, 4) is 0 Å². The van der Waals surface area contributed by atoms with Crippen molar-refractivity contribution in [1.82, 2.24) is 9.88 Å². The number of benzene rings is 3. The second kappa shape index (κ2) is 9.65. The summed E-state index contributed by atoms with van der Waals surface area (Å²) in [7, 11) is 1.98. The molecule has 0 bridgehead atoms. The zero-order chi connectivity index (χ0) is 24.6. The quantitative estimate of drug-likeness (QED) is 0.264. The molecular formula is C28H21ClN4OS2. The van der Waals surface area contributed by atoms with E-state index in [0.29, 0.717) is 21.6 Å². The van der Waals surface area contributed by atoms with Crippen molar-refractivity contribution in [2.75, 3.05) is 18.5 Å². The molecule has 1 fully saturated rings. The number of carbonyl (C=O) groups is 1. The third kappa shape index (κ3) is 4.28. The van der Waals surface area contributed by atoms with Gasteiger partial charge in [-0.1, -0.05) is 59.8 Å². The zero-order valence-electron chi connectivity index (χ0n) is 19.4. The van der Waals surface area contributed by atoms with Gasteiger partial charge in [0, 0.05) is 35.1 Å². The number of halogens is 1. The molecule has 8 heteroatoms.